The lowest BCUT2D eigenvalue weighted by Gasteiger charge is -2.14. The summed E-state index contributed by atoms with van der Waals surface area (Å²) in [7, 11) is -3.11. The van der Waals surface area contributed by atoms with Crippen LogP contribution in [0.2, 0.25) is 5.02 Å². The average Bonchev–Trinajstić information content (AvgIpc) is 2.69. The molecular weight excluding hydrogens is 290 g/mol. The largest absolute Gasteiger partial charge is 0.351 e. The lowest BCUT2D eigenvalue weighted by atomic mass is 10.2. The molecule has 1 aliphatic heterocycles. The normalized spacial score (nSPS) is 18.4. The van der Waals surface area contributed by atoms with Gasteiger partial charge in [-0.15, -0.1) is 0 Å². The van der Waals surface area contributed by atoms with Gasteiger partial charge in [-0.3, -0.25) is 9.78 Å². The van der Waals surface area contributed by atoms with Crippen molar-refractivity contribution in [1.29, 1.82) is 0 Å². The van der Waals surface area contributed by atoms with Crippen LogP contribution in [0.1, 0.15) is 16.8 Å². The number of halogens is 1. The minimum Gasteiger partial charge on any atom is -0.351 e. The zero-order chi connectivity index (χ0) is 13.9. The van der Waals surface area contributed by atoms with Gasteiger partial charge < -0.3 is 5.32 Å². The summed E-state index contributed by atoms with van der Waals surface area (Å²) < 4.78 is 24.5. The molecule has 0 atom stereocenters. The van der Waals surface area contributed by atoms with Crippen molar-refractivity contribution in [3.8, 4) is 0 Å². The molecule has 0 bridgehead atoms. The zero-order valence-corrected chi connectivity index (χ0v) is 11.7. The Morgan fingerprint density at radius 1 is 1.53 bits per heavy atom. The van der Waals surface area contributed by atoms with E-state index in [1.807, 2.05) is 0 Å². The molecule has 0 radical (unpaired) electrons. The van der Waals surface area contributed by atoms with E-state index in [0.717, 1.165) is 0 Å². The number of aromatic nitrogens is 1. The summed E-state index contributed by atoms with van der Waals surface area (Å²) in [4.78, 5) is 15.6. The van der Waals surface area contributed by atoms with Crippen LogP contribution in [0.3, 0.4) is 0 Å². The van der Waals surface area contributed by atoms with Crippen LogP contribution in [0.15, 0.2) is 18.5 Å². The number of sulfonamides is 1. The fraction of sp³-hybridized carbons (Fsp3) is 0.455. The highest BCUT2D eigenvalue weighted by Crippen LogP contribution is 2.14. The Labute approximate surface area is 116 Å². The Balaban J connectivity index is 1.87. The molecule has 19 heavy (non-hydrogen) atoms. The molecule has 1 N–H and O–H groups in total. The summed E-state index contributed by atoms with van der Waals surface area (Å²) in [6.45, 7) is 1.07. The molecule has 8 heteroatoms. The summed E-state index contributed by atoms with van der Waals surface area (Å²) in [6.07, 6.45) is 3.51. The second kappa shape index (κ2) is 5.85. The van der Waals surface area contributed by atoms with Crippen molar-refractivity contribution in [1.82, 2.24) is 14.6 Å². The van der Waals surface area contributed by atoms with Gasteiger partial charge in [-0.2, -0.15) is 0 Å². The Bertz CT molecular complexity index is 576. The second-order valence-electron chi connectivity index (χ2n) is 4.18. The van der Waals surface area contributed by atoms with E-state index in [0.29, 0.717) is 18.5 Å². The first-order valence-corrected chi connectivity index (χ1v) is 7.85. The second-order valence-corrected chi connectivity index (χ2v) is 6.68. The number of amides is 1. The third-order valence-electron chi connectivity index (χ3n) is 2.87. The van der Waals surface area contributed by atoms with E-state index in [-0.39, 0.29) is 29.8 Å². The van der Waals surface area contributed by atoms with E-state index < -0.39 is 10.0 Å². The van der Waals surface area contributed by atoms with E-state index in [4.69, 9.17) is 11.6 Å². The highest BCUT2D eigenvalue weighted by molar-refractivity contribution is 7.89. The first kappa shape index (κ1) is 14.2. The van der Waals surface area contributed by atoms with Gasteiger partial charge in [0, 0.05) is 32.0 Å². The molecule has 1 fully saturated rings. The highest BCUT2D eigenvalue weighted by Gasteiger charge is 2.27. The van der Waals surface area contributed by atoms with Crippen molar-refractivity contribution in [2.75, 3.05) is 25.4 Å². The van der Waals surface area contributed by atoms with Gasteiger partial charge >= 0.3 is 0 Å². The van der Waals surface area contributed by atoms with Crippen LogP contribution in [0, 0.1) is 0 Å². The zero-order valence-electron chi connectivity index (χ0n) is 10.2. The van der Waals surface area contributed by atoms with E-state index in [1.165, 1.54) is 22.8 Å². The molecule has 0 saturated carbocycles. The molecule has 2 rings (SSSR count). The molecule has 0 unspecified atom stereocenters. The molecular formula is C11H14ClN3O3S. The van der Waals surface area contributed by atoms with Gasteiger partial charge in [0.05, 0.1) is 16.3 Å². The number of rotatable bonds is 4. The summed E-state index contributed by atoms with van der Waals surface area (Å²) in [6, 6.07) is 1.52. The minimum absolute atomic E-state index is 0.192. The molecule has 0 aliphatic carbocycles. The number of hydrogen-bond donors (Lipinski definition) is 1. The van der Waals surface area contributed by atoms with Crippen molar-refractivity contribution in [2.45, 2.75) is 6.42 Å². The maximum absolute atomic E-state index is 11.8. The van der Waals surface area contributed by atoms with Crippen LogP contribution in [0.25, 0.3) is 0 Å². The summed E-state index contributed by atoms with van der Waals surface area (Å²) >= 11 is 5.84. The number of carbonyl (C=O) groups excluding carboxylic acids is 1. The number of nitrogens with zero attached hydrogens (tertiary/aromatic N) is 2. The summed E-state index contributed by atoms with van der Waals surface area (Å²) in [5.41, 5.74) is 0.334. The Kier molecular flexibility index (Phi) is 4.38. The van der Waals surface area contributed by atoms with Crippen LogP contribution in [-0.2, 0) is 10.0 Å². The van der Waals surface area contributed by atoms with Gasteiger partial charge in [0.1, 0.15) is 0 Å². The van der Waals surface area contributed by atoms with Crippen LogP contribution in [0.4, 0.5) is 0 Å². The number of pyridine rings is 1. The van der Waals surface area contributed by atoms with Crippen molar-refractivity contribution in [3.05, 3.63) is 29.0 Å². The van der Waals surface area contributed by atoms with Crippen LogP contribution < -0.4 is 5.32 Å². The molecule has 2 heterocycles. The van der Waals surface area contributed by atoms with Gasteiger partial charge in [0.2, 0.25) is 10.0 Å². The Morgan fingerprint density at radius 3 is 2.95 bits per heavy atom. The van der Waals surface area contributed by atoms with Crippen LogP contribution >= 0.6 is 11.6 Å². The average molecular weight is 304 g/mol. The minimum atomic E-state index is -3.11. The van der Waals surface area contributed by atoms with Crippen molar-refractivity contribution >= 4 is 27.5 Å². The monoisotopic (exact) mass is 303 g/mol. The van der Waals surface area contributed by atoms with E-state index in [9.17, 15) is 13.2 Å². The van der Waals surface area contributed by atoms with Gasteiger partial charge in [0.25, 0.3) is 5.91 Å². The summed E-state index contributed by atoms with van der Waals surface area (Å²) in [5, 5.41) is 2.92. The molecule has 1 amide bonds. The Morgan fingerprint density at radius 2 is 2.32 bits per heavy atom. The molecule has 0 spiro atoms. The van der Waals surface area contributed by atoms with Crippen molar-refractivity contribution in [2.24, 2.45) is 0 Å². The standard InChI is InChI=1S/C11H14ClN3O3S/c12-10-8-13-3-2-9(10)11(16)14-4-6-15-5-1-7-19(15,17)18/h2-3,8H,1,4-7H2,(H,14,16). The maximum atomic E-state index is 11.8. The quantitative estimate of drug-likeness (QED) is 0.878. The first-order valence-electron chi connectivity index (χ1n) is 5.86. The fourth-order valence-electron chi connectivity index (χ4n) is 1.89. The number of carbonyl (C=O) groups is 1. The van der Waals surface area contributed by atoms with Crippen LogP contribution in [-0.4, -0.2) is 49.0 Å². The maximum Gasteiger partial charge on any atom is 0.252 e. The molecule has 1 aromatic heterocycles. The first-order chi connectivity index (χ1) is 9.00. The highest BCUT2D eigenvalue weighted by atomic mass is 35.5. The smallest absolute Gasteiger partial charge is 0.252 e. The van der Waals surface area contributed by atoms with Gasteiger partial charge in [-0.25, -0.2) is 12.7 Å². The third-order valence-corrected chi connectivity index (χ3v) is 5.12. The molecule has 1 aliphatic rings. The third kappa shape index (κ3) is 3.43. The number of hydrogen-bond acceptors (Lipinski definition) is 4. The molecule has 104 valence electrons. The fourth-order valence-corrected chi connectivity index (χ4v) is 3.63. The van der Waals surface area contributed by atoms with E-state index in [2.05, 4.69) is 10.3 Å². The predicted octanol–water partition coefficient (Wildman–Crippen LogP) is 0.500. The van der Waals surface area contributed by atoms with Gasteiger partial charge in [0.15, 0.2) is 0 Å². The molecule has 1 aromatic rings. The molecule has 6 nitrogen and oxygen atoms in total. The van der Waals surface area contributed by atoms with E-state index >= 15 is 0 Å². The number of nitrogens with one attached hydrogen (secondary N) is 1. The van der Waals surface area contributed by atoms with Gasteiger partial charge in [-0.05, 0) is 12.5 Å². The van der Waals surface area contributed by atoms with Gasteiger partial charge in [-0.1, -0.05) is 11.6 Å². The SMILES string of the molecule is O=C(NCCN1CCCS1(=O)=O)c1ccncc1Cl. The predicted molar refractivity (Wildman–Crippen MR) is 71.6 cm³/mol. The molecule has 0 aromatic carbocycles. The van der Waals surface area contributed by atoms with Crippen molar-refractivity contribution in [3.63, 3.8) is 0 Å². The topological polar surface area (TPSA) is 79.4 Å². The van der Waals surface area contributed by atoms with Crippen LogP contribution in [0.5, 0.6) is 0 Å². The van der Waals surface area contributed by atoms with E-state index in [1.54, 1.807) is 0 Å². The lowest BCUT2D eigenvalue weighted by Crippen LogP contribution is -2.35. The van der Waals surface area contributed by atoms with Crippen molar-refractivity contribution < 1.29 is 13.2 Å². The lowest BCUT2D eigenvalue weighted by molar-refractivity contribution is 0.0952. The Hall–Kier alpha value is -1.18. The molecule has 1 saturated heterocycles. The summed E-state index contributed by atoms with van der Waals surface area (Å²) in [5.74, 6) is -0.138.